The van der Waals surface area contributed by atoms with Crippen LogP contribution in [0.1, 0.15) is 11.4 Å². The van der Waals surface area contributed by atoms with Gasteiger partial charge < -0.3 is 9.80 Å². The molecule has 0 N–H and O–H groups in total. The average Bonchev–Trinajstić information content (AvgIpc) is 2.39. The Balaban J connectivity index is 2.37. The van der Waals surface area contributed by atoms with E-state index in [9.17, 15) is 0 Å². The normalized spacial score (nSPS) is 10.3. The molecule has 0 saturated carbocycles. The van der Waals surface area contributed by atoms with E-state index in [1.807, 2.05) is 52.7 Å². The van der Waals surface area contributed by atoms with Gasteiger partial charge in [0.15, 0.2) is 0 Å². The topological polar surface area (TPSA) is 32.3 Å². The van der Waals surface area contributed by atoms with E-state index in [4.69, 9.17) is 0 Å². The predicted molar refractivity (Wildman–Crippen MR) is 79.9 cm³/mol. The molecule has 2 aromatic rings. The van der Waals surface area contributed by atoms with Crippen molar-refractivity contribution in [1.29, 1.82) is 0 Å². The van der Waals surface area contributed by atoms with Crippen LogP contribution in [0.4, 0.5) is 11.4 Å². The van der Waals surface area contributed by atoms with Crippen molar-refractivity contribution >= 4 is 11.4 Å². The van der Waals surface area contributed by atoms with Crippen LogP contribution in [-0.4, -0.2) is 38.2 Å². The van der Waals surface area contributed by atoms with Crippen LogP contribution in [-0.2, 0) is 6.42 Å². The molecule has 0 fully saturated rings. The van der Waals surface area contributed by atoms with Gasteiger partial charge in [0, 0.05) is 47.0 Å². The van der Waals surface area contributed by atoms with Crippen molar-refractivity contribution in [2.75, 3.05) is 38.0 Å². The second kappa shape index (κ2) is 5.69. The first-order valence-corrected chi connectivity index (χ1v) is 6.32. The molecule has 0 atom stereocenters. The molecule has 2 rings (SSSR count). The Morgan fingerprint density at radius 2 is 1.21 bits per heavy atom. The second-order valence-electron chi connectivity index (χ2n) is 4.90. The van der Waals surface area contributed by atoms with E-state index in [1.54, 1.807) is 0 Å². The molecule has 19 heavy (non-hydrogen) atoms. The van der Waals surface area contributed by atoms with Crippen LogP contribution in [0.25, 0.3) is 0 Å². The lowest BCUT2D eigenvalue weighted by Gasteiger charge is -2.19. The van der Waals surface area contributed by atoms with Gasteiger partial charge in [-0.1, -0.05) is 0 Å². The SMILES string of the molecule is CN(C)c1cccnc1Cc1ncccc1N(C)C. The summed E-state index contributed by atoms with van der Waals surface area (Å²) in [5.74, 6) is 0. The van der Waals surface area contributed by atoms with Gasteiger partial charge >= 0.3 is 0 Å². The number of nitrogens with zero attached hydrogens (tertiary/aromatic N) is 4. The van der Waals surface area contributed by atoms with E-state index >= 15 is 0 Å². The highest BCUT2D eigenvalue weighted by atomic mass is 15.1. The molecule has 4 nitrogen and oxygen atoms in total. The summed E-state index contributed by atoms with van der Waals surface area (Å²) in [6, 6.07) is 8.09. The Hall–Kier alpha value is -2.10. The molecule has 0 aliphatic heterocycles. The molecule has 0 amide bonds. The van der Waals surface area contributed by atoms with Gasteiger partial charge in [-0.3, -0.25) is 9.97 Å². The third-order valence-electron chi connectivity index (χ3n) is 3.03. The Morgan fingerprint density at radius 3 is 1.58 bits per heavy atom. The van der Waals surface area contributed by atoms with E-state index in [-0.39, 0.29) is 0 Å². The molecule has 0 saturated heterocycles. The van der Waals surface area contributed by atoms with Crippen molar-refractivity contribution in [3.05, 3.63) is 48.0 Å². The van der Waals surface area contributed by atoms with Gasteiger partial charge in [0.2, 0.25) is 0 Å². The molecule has 2 aromatic heterocycles. The van der Waals surface area contributed by atoms with Crippen molar-refractivity contribution in [3.8, 4) is 0 Å². The molecule has 0 radical (unpaired) electrons. The van der Waals surface area contributed by atoms with Gasteiger partial charge in [-0.05, 0) is 24.3 Å². The Morgan fingerprint density at radius 1 is 0.789 bits per heavy atom. The van der Waals surface area contributed by atoms with Crippen molar-refractivity contribution in [3.63, 3.8) is 0 Å². The smallest absolute Gasteiger partial charge is 0.0696 e. The molecule has 100 valence electrons. The fourth-order valence-corrected chi connectivity index (χ4v) is 2.10. The molecular weight excluding hydrogens is 236 g/mol. The zero-order chi connectivity index (χ0) is 13.8. The minimum Gasteiger partial charge on any atom is -0.376 e. The third-order valence-corrected chi connectivity index (χ3v) is 3.03. The summed E-state index contributed by atoms with van der Waals surface area (Å²) in [7, 11) is 8.13. The van der Waals surface area contributed by atoms with Crippen LogP contribution >= 0.6 is 0 Å². The molecule has 0 unspecified atom stereocenters. The van der Waals surface area contributed by atoms with Gasteiger partial charge in [0.25, 0.3) is 0 Å². The summed E-state index contributed by atoms with van der Waals surface area (Å²) in [5, 5.41) is 0. The van der Waals surface area contributed by atoms with Gasteiger partial charge in [0.05, 0.1) is 22.8 Å². The minimum absolute atomic E-state index is 0.739. The quantitative estimate of drug-likeness (QED) is 0.839. The van der Waals surface area contributed by atoms with Crippen LogP contribution in [0.15, 0.2) is 36.7 Å². The minimum atomic E-state index is 0.739. The van der Waals surface area contributed by atoms with Crippen molar-refractivity contribution in [2.45, 2.75) is 6.42 Å². The number of pyridine rings is 2. The average molecular weight is 256 g/mol. The summed E-state index contributed by atoms with van der Waals surface area (Å²) in [6.45, 7) is 0. The van der Waals surface area contributed by atoms with E-state index < -0.39 is 0 Å². The molecule has 0 aliphatic carbocycles. The van der Waals surface area contributed by atoms with E-state index in [2.05, 4.69) is 31.9 Å². The van der Waals surface area contributed by atoms with E-state index in [1.165, 1.54) is 0 Å². The molecule has 4 heteroatoms. The fourth-order valence-electron chi connectivity index (χ4n) is 2.10. The maximum Gasteiger partial charge on any atom is 0.0696 e. The number of hydrogen-bond acceptors (Lipinski definition) is 4. The zero-order valence-corrected chi connectivity index (χ0v) is 12.0. The molecule has 0 bridgehead atoms. The van der Waals surface area contributed by atoms with Gasteiger partial charge in [-0.2, -0.15) is 0 Å². The fraction of sp³-hybridized carbons (Fsp3) is 0.333. The summed E-state index contributed by atoms with van der Waals surface area (Å²) in [6.07, 6.45) is 4.41. The van der Waals surface area contributed by atoms with Crippen LogP contribution in [0, 0.1) is 0 Å². The third kappa shape index (κ3) is 3.02. The van der Waals surface area contributed by atoms with Gasteiger partial charge in [-0.25, -0.2) is 0 Å². The Labute approximate surface area is 114 Å². The maximum atomic E-state index is 4.50. The van der Waals surface area contributed by atoms with Crippen LogP contribution in [0.3, 0.4) is 0 Å². The van der Waals surface area contributed by atoms with Crippen molar-refractivity contribution < 1.29 is 0 Å². The molecule has 2 heterocycles. The largest absolute Gasteiger partial charge is 0.376 e. The number of rotatable bonds is 4. The molecule has 0 spiro atoms. The van der Waals surface area contributed by atoms with Gasteiger partial charge in [0.1, 0.15) is 0 Å². The van der Waals surface area contributed by atoms with Gasteiger partial charge in [-0.15, -0.1) is 0 Å². The maximum absolute atomic E-state index is 4.50. The van der Waals surface area contributed by atoms with Crippen molar-refractivity contribution in [1.82, 2.24) is 9.97 Å². The molecular formula is C15H20N4. The lowest BCUT2D eigenvalue weighted by Crippen LogP contribution is -2.15. The highest BCUT2D eigenvalue weighted by Gasteiger charge is 2.11. The Bertz CT molecular complexity index is 500. The zero-order valence-electron chi connectivity index (χ0n) is 12.0. The molecule has 0 aromatic carbocycles. The van der Waals surface area contributed by atoms with Crippen LogP contribution < -0.4 is 9.80 Å². The molecule has 0 aliphatic rings. The monoisotopic (exact) mass is 256 g/mol. The van der Waals surface area contributed by atoms with E-state index in [0.29, 0.717) is 0 Å². The lowest BCUT2D eigenvalue weighted by molar-refractivity contribution is 0.963. The summed E-state index contributed by atoms with van der Waals surface area (Å²) in [4.78, 5) is 13.2. The Kier molecular flexibility index (Phi) is 4.00. The number of hydrogen-bond donors (Lipinski definition) is 0. The van der Waals surface area contributed by atoms with Crippen molar-refractivity contribution in [2.24, 2.45) is 0 Å². The standard InChI is InChI=1S/C15H20N4/c1-18(2)14-7-5-9-16-12(14)11-13-15(19(3)4)8-6-10-17-13/h5-10H,11H2,1-4H3. The summed E-state index contributed by atoms with van der Waals surface area (Å²) in [5.41, 5.74) is 4.37. The number of aromatic nitrogens is 2. The number of anilines is 2. The first-order chi connectivity index (χ1) is 9.09. The second-order valence-corrected chi connectivity index (χ2v) is 4.90. The predicted octanol–water partition coefficient (Wildman–Crippen LogP) is 2.20. The van der Waals surface area contributed by atoms with Crippen LogP contribution in [0.2, 0.25) is 0 Å². The highest BCUT2D eigenvalue weighted by Crippen LogP contribution is 2.23. The van der Waals surface area contributed by atoms with E-state index in [0.717, 1.165) is 29.2 Å². The summed E-state index contributed by atoms with van der Waals surface area (Å²) >= 11 is 0. The highest BCUT2D eigenvalue weighted by molar-refractivity contribution is 5.55. The first-order valence-electron chi connectivity index (χ1n) is 6.32. The lowest BCUT2D eigenvalue weighted by atomic mass is 10.1. The first kappa shape index (κ1) is 13.3. The summed E-state index contributed by atoms with van der Waals surface area (Å²) < 4.78 is 0. The van der Waals surface area contributed by atoms with Crippen LogP contribution in [0.5, 0.6) is 0 Å².